The standard InChI is InChI=1S/C20H30O2/c1-4-7-8-9-10-11-12-13-14-15-16-17-18-19-20(21-5-2)22-6-3/h4,18-20H,1,5-6,11-17H2,2-3H3/b19-18+. The maximum absolute atomic E-state index is 5.45. The van der Waals surface area contributed by atoms with E-state index in [0.29, 0.717) is 13.2 Å². The Morgan fingerprint density at radius 1 is 0.955 bits per heavy atom. The molecule has 22 heavy (non-hydrogen) atoms. The van der Waals surface area contributed by atoms with Crippen molar-refractivity contribution < 1.29 is 9.47 Å². The van der Waals surface area contributed by atoms with Crippen molar-refractivity contribution >= 4 is 0 Å². The Balaban J connectivity index is 3.48. The molecule has 2 nitrogen and oxygen atoms in total. The smallest absolute Gasteiger partial charge is 0.176 e. The lowest BCUT2D eigenvalue weighted by Crippen LogP contribution is -2.14. The summed E-state index contributed by atoms with van der Waals surface area (Å²) in [5.74, 6) is 11.3. The fraction of sp³-hybridized carbons (Fsp3) is 0.600. The minimum absolute atomic E-state index is 0.183. The summed E-state index contributed by atoms with van der Waals surface area (Å²) in [6.07, 6.45) is 13.8. The maximum atomic E-state index is 5.45. The van der Waals surface area contributed by atoms with Crippen LogP contribution in [-0.2, 0) is 9.47 Å². The molecule has 0 atom stereocenters. The first-order valence-electron chi connectivity index (χ1n) is 8.34. The van der Waals surface area contributed by atoms with Gasteiger partial charge in [0.15, 0.2) is 6.29 Å². The molecule has 0 spiro atoms. The summed E-state index contributed by atoms with van der Waals surface area (Å²) in [6, 6.07) is 0. The first-order valence-corrected chi connectivity index (χ1v) is 8.34. The monoisotopic (exact) mass is 302 g/mol. The van der Waals surface area contributed by atoms with Gasteiger partial charge in [0.05, 0.1) is 0 Å². The number of rotatable bonds is 12. The van der Waals surface area contributed by atoms with Gasteiger partial charge in [-0.1, -0.05) is 43.8 Å². The molecule has 0 saturated heterocycles. The van der Waals surface area contributed by atoms with Gasteiger partial charge in [0.1, 0.15) is 0 Å². The van der Waals surface area contributed by atoms with Crippen LogP contribution in [0.1, 0.15) is 58.8 Å². The Bertz CT molecular complexity index is 395. The predicted octanol–water partition coefficient (Wildman–Crippen LogP) is 4.87. The van der Waals surface area contributed by atoms with Gasteiger partial charge >= 0.3 is 0 Å². The average Bonchev–Trinajstić information content (AvgIpc) is 2.52. The molecule has 2 heteroatoms. The third-order valence-electron chi connectivity index (χ3n) is 2.95. The highest BCUT2D eigenvalue weighted by atomic mass is 16.7. The van der Waals surface area contributed by atoms with Crippen molar-refractivity contribution in [1.82, 2.24) is 0 Å². The molecular weight excluding hydrogens is 272 g/mol. The lowest BCUT2D eigenvalue weighted by molar-refractivity contribution is -0.104. The highest BCUT2D eigenvalue weighted by molar-refractivity contribution is 5.29. The summed E-state index contributed by atoms with van der Waals surface area (Å²) in [4.78, 5) is 0. The van der Waals surface area contributed by atoms with Crippen molar-refractivity contribution in [3.8, 4) is 23.7 Å². The third-order valence-corrected chi connectivity index (χ3v) is 2.95. The van der Waals surface area contributed by atoms with Gasteiger partial charge in [-0.3, -0.25) is 0 Å². The van der Waals surface area contributed by atoms with Crippen molar-refractivity contribution in [2.24, 2.45) is 0 Å². The van der Waals surface area contributed by atoms with Crippen LogP contribution in [0.5, 0.6) is 0 Å². The SMILES string of the molecule is C=CC#CC#CCCCCCCC/C=C/C(OCC)OCC. The molecule has 0 aromatic rings. The molecule has 0 aromatic heterocycles. The number of allylic oxidation sites excluding steroid dienone is 2. The van der Waals surface area contributed by atoms with Gasteiger partial charge in [-0.05, 0) is 57.1 Å². The van der Waals surface area contributed by atoms with Gasteiger partial charge in [0, 0.05) is 19.6 Å². The molecular formula is C20H30O2. The Morgan fingerprint density at radius 3 is 2.32 bits per heavy atom. The molecule has 0 radical (unpaired) electrons. The second kappa shape index (κ2) is 17.6. The second-order valence-electron chi connectivity index (χ2n) is 4.79. The first-order chi connectivity index (χ1) is 10.8. The Labute approximate surface area is 137 Å². The zero-order chi connectivity index (χ0) is 16.3. The zero-order valence-electron chi connectivity index (χ0n) is 14.2. The lowest BCUT2D eigenvalue weighted by atomic mass is 10.1. The quantitative estimate of drug-likeness (QED) is 0.222. The Kier molecular flexibility index (Phi) is 16.4. The normalized spacial score (nSPS) is 10.1. The van der Waals surface area contributed by atoms with Crippen molar-refractivity contribution in [3.63, 3.8) is 0 Å². The van der Waals surface area contributed by atoms with Gasteiger partial charge in [0.2, 0.25) is 0 Å². The van der Waals surface area contributed by atoms with Crippen molar-refractivity contribution in [1.29, 1.82) is 0 Å². The minimum Gasteiger partial charge on any atom is -0.349 e. The average molecular weight is 302 g/mol. The van der Waals surface area contributed by atoms with Crippen LogP contribution in [0.2, 0.25) is 0 Å². The first kappa shape index (κ1) is 20.5. The third kappa shape index (κ3) is 14.9. The van der Waals surface area contributed by atoms with Crippen LogP contribution in [0, 0.1) is 23.7 Å². The molecule has 0 rings (SSSR count). The summed E-state index contributed by atoms with van der Waals surface area (Å²) in [5, 5.41) is 0. The topological polar surface area (TPSA) is 18.5 Å². The van der Waals surface area contributed by atoms with E-state index in [2.05, 4.69) is 36.3 Å². The predicted molar refractivity (Wildman–Crippen MR) is 94.2 cm³/mol. The summed E-state index contributed by atoms with van der Waals surface area (Å²) >= 11 is 0. The van der Waals surface area contributed by atoms with E-state index >= 15 is 0 Å². The summed E-state index contributed by atoms with van der Waals surface area (Å²) in [7, 11) is 0. The fourth-order valence-electron chi connectivity index (χ4n) is 1.89. The molecule has 0 aliphatic carbocycles. The highest BCUT2D eigenvalue weighted by Crippen LogP contribution is 2.08. The van der Waals surface area contributed by atoms with Crippen LogP contribution in [0.15, 0.2) is 24.8 Å². The van der Waals surface area contributed by atoms with Crippen molar-refractivity contribution in [2.45, 2.75) is 65.1 Å². The van der Waals surface area contributed by atoms with E-state index in [9.17, 15) is 0 Å². The van der Waals surface area contributed by atoms with Gasteiger partial charge in [-0.25, -0.2) is 0 Å². The maximum Gasteiger partial charge on any atom is 0.176 e. The van der Waals surface area contributed by atoms with E-state index in [-0.39, 0.29) is 6.29 Å². The number of ether oxygens (including phenoxy) is 2. The van der Waals surface area contributed by atoms with E-state index in [1.165, 1.54) is 25.7 Å². The van der Waals surface area contributed by atoms with E-state index in [0.717, 1.165) is 19.3 Å². The van der Waals surface area contributed by atoms with Crippen LogP contribution >= 0.6 is 0 Å². The van der Waals surface area contributed by atoms with E-state index < -0.39 is 0 Å². The molecule has 0 bridgehead atoms. The van der Waals surface area contributed by atoms with Crippen molar-refractivity contribution in [3.05, 3.63) is 24.8 Å². The molecule has 0 N–H and O–H groups in total. The second-order valence-corrected chi connectivity index (χ2v) is 4.79. The summed E-state index contributed by atoms with van der Waals surface area (Å²) < 4.78 is 10.9. The van der Waals surface area contributed by atoms with Crippen molar-refractivity contribution in [2.75, 3.05) is 13.2 Å². The molecule has 0 saturated carbocycles. The zero-order valence-corrected chi connectivity index (χ0v) is 14.2. The van der Waals surface area contributed by atoms with Crippen LogP contribution in [0.25, 0.3) is 0 Å². The Morgan fingerprint density at radius 2 is 1.64 bits per heavy atom. The molecule has 0 aliphatic rings. The summed E-state index contributed by atoms with van der Waals surface area (Å²) in [5.41, 5.74) is 0. The van der Waals surface area contributed by atoms with Crippen LogP contribution in [0.4, 0.5) is 0 Å². The molecule has 0 aromatic carbocycles. The molecule has 0 fully saturated rings. The lowest BCUT2D eigenvalue weighted by Gasteiger charge is -2.12. The molecule has 122 valence electrons. The minimum atomic E-state index is -0.183. The molecule has 0 aliphatic heterocycles. The van der Waals surface area contributed by atoms with E-state index in [4.69, 9.17) is 9.47 Å². The fourth-order valence-corrected chi connectivity index (χ4v) is 1.89. The molecule has 0 unspecified atom stereocenters. The van der Waals surface area contributed by atoms with Gasteiger partial charge in [0.25, 0.3) is 0 Å². The van der Waals surface area contributed by atoms with E-state index in [1.54, 1.807) is 6.08 Å². The van der Waals surface area contributed by atoms with Crippen LogP contribution in [0.3, 0.4) is 0 Å². The van der Waals surface area contributed by atoms with Crippen LogP contribution < -0.4 is 0 Å². The molecule has 0 amide bonds. The number of hydrogen-bond acceptors (Lipinski definition) is 2. The van der Waals surface area contributed by atoms with Gasteiger partial charge in [-0.15, -0.1) is 0 Å². The highest BCUT2D eigenvalue weighted by Gasteiger charge is 2.00. The van der Waals surface area contributed by atoms with Gasteiger partial charge < -0.3 is 9.47 Å². The van der Waals surface area contributed by atoms with Gasteiger partial charge in [-0.2, -0.15) is 0 Å². The van der Waals surface area contributed by atoms with Crippen LogP contribution in [-0.4, -0.2) is 19.5 Å². The molecule has 0 heterocycles. The summed E-state index contributed by atoms with van der Waals surface area (Å²) in [6.45, 7) is 8.84. The Hall–Kier alpha value is -1.48. The number of unbranched alkanes of at least 4 members (excludes halogenated alkanes) is 6. The largest absolute Gasteiger partial charge is 0.349 e. The number of hydrogen-bond donors (Lipinski definition) is 0. The van der Waals surface area contributed by atoms with E-state index in [1.807, 2.05) is 19.9 Å².